The Morgan fingerprint density at radius 3 is 2.57 bits per heavy atom. The van der Waals surface area contributed by atoms with Crippen molar-refractivity contribution < 1.29 is 4.74 Å². The molecule has 1 saturated carbocycles. The van der Waals surface area contributed by atoms with E-state index in [1.165, 1.54) is 44.9 Å². The minimum Gasteiger partial charge on any atom is -0.381 e. The van der Waals surface area contributed by atoms with Gasteiger partial charge in [-0.15, -0.1) is 0 Å². The molecule has 0 aromatic rings. The van der Waals surface area contributed by atoms with Gasteiger partial charge in [0, 0.05) is 19.3 Å². The maximum atomic E-state index is 6.25. The number of hydrogen-bond acceptors (Lipinski definition) is 2. The first-order valence-corrected chi connectivity index (χ1v) is 6.21. The van der Waals surface area contributed by atoms with E-state index in [0.29, 0.717) is 6.04 Å². The van der Waals surface area contributed by atoms with Crippen LogP contribution in [0.3, 0.4) is 0 Å². The highest BCUT2D eigenvalue weighted by Crippen LogP contribution is 2.32. The maximum absolute atomic E-state index is 6.25. The molecule has 0 spiro atoms. The van der Waals surface area contributed by atoms with Crippen LogP contribution in [0.1, 0.15) is 44.9 Å². The molecule has 0 amide bonds. The Kier molecular flexibility index (Phi) is 3.82. The van der Waals surface area contributed by atoms with E-state index in [0.717, 1.165) is 25.0 Å². The fourth-order valence-corrected chi connectivity index (χ4v) is 3.05. The van der Waals surface area contributed by atoms with Crippen LogP contribution in [0.25, 0.3) is 0 Å². The highest BCUT2D eigenvalue weighted by molar-refractivity contribution is 4.83. The molecule has 14 heavy (non-hydrogen) atoms. The fraction of sp³-hybridized carbons (Fsp3) is 1.00. The summed E-state index contributed by atoms with van der Waals surface area (Å²) in [6, 6.07) is 0.448. The van der Waals surface area contributed by atoms with Gasteiger partial charge in [-0.3, -0.25) is 0 Å². The molecule has 0 aromatic heterocycles. The lowest BCUT2D eigenvalue weighted by atomic mass is 9.80. The van der Waals surface area contributed by atoms with Crippen LogP contribution in [0.4, 0.5) is 0 Å². The first kappa shape index (κ1) is 10.4. The molecule has 2 rings (SSSR count). The quantitative estimate of drug-likeness (QED) is 0.655. The van der Waals surface area contributed by atoms with Crippen LogP contribution in [0.2, 0.25) is 0 Å². The van der Waals surface area contributed by atoms with Crippen LogP contribution in [-0.2, 0) is 4.74 Å². The first-order chi connectivity index (χ1) is 6.88. The normalized spacial score (nSPS) is 40.5. The SMILES string of the molecule is NC1CCCCCC1C1CCCOC1. The summed E-state index contributed by atoms with van der Waals surface area (Å²) in [7, 11) is 0. The van der Waals surface area contributed by atoms with Gasteiger partial charge in [-0.1, -0.05) is 19.3 Å². The summed E-state index contributed by atoms with van der Waals surface area (Å²) < 4.78 is 5.57. The van der Waals surface area contributed by atoms with Gasteiger partial charge in [0.15, 0.2) is 0 Å². The molecule has 2 N–H and O–H groups in total. The van der Waals surface area contributed by atoms with Crippen molar-refractivity contribution in [2.75, 3.05) is 13.2 Å². The molecule has 1 saturated heterocycles. The second-order valence-electron chi connectivity index (χ2n) is 4.94. The standard InChI is InChI=1S/C12H23NO/c13-12-7-3-1-2-6-11(12)10-5-4-8-14-9-10/h10-12H,1-9,13H2. The van der Waals surface area contributed by atoms with Crippen molar-refractivity contribution in [1.82, 2.24) is 0 Å². The molecule has 2 aliphatic rings. The van der Waals surface area contributed by atoms with E-state index < -0.39 is 0 Å². The highest BCUT2D eigenvalue weighted by atomic mass is 16.5. The molecule has 2 nitrogen and oxygen atoms in total. The summed E-state index contributed by atoms with van der Waals surface area (Å²) in [6.07, 6.45) is 9.28. The lowest BCUT2D eigenvalue weighted by Gasteiger charge is -2.33. The van der Waals surface area contributed by atoms with E-state index in [9.17, 15) is 0 Å². The molecular weight excluding hydrogens is 174 g/mol. The highest BCUT2D eigenvalue weighted by Gasteiger charge is 2.29. The van der Waals surface area contributed by atoms with Crippen LogP contribution in [0.5, 0.6) is 0 Å². The monoisotopic (exact) mass is 197 g/mol. The smallest absolute Gasteiger partial charge is 0.0497 e. The third kappa shape index (κ3) is 2.48. The van der Waals surface area contributed by atoms with Crippen molar-refractivity contribution in [1.29, 1.82) is 0 Å². The van der Waals surface area contributed by atoms with E-state index in [1.807, 2.05) is 0 Å². The molecular formula is C12H23NO. The largest absolute Gasteiger partial charge is 0.381 e. The van der Waals surface area contributed by atoms with Gasteiger partial charge in [0.1, 0.15) is 0 Å². The van der Waals surface area contributed by atoms with E-state index in [4.69, 9.17) is 10.5 Å². The Bertz CT molecular complexity index is 166. The zero-order valence-corrected chi connectivity index (χ0v) is 9.08. The summed E-state index contributed by atoms with van der Waals surface area (Å²) in [5.74, 6) is 1.51. The van der Waals surface area contributed by atoms with Gasteiger partial charge in [-0.05, 0) is 37.5 Å². The second kappa shape index (κ2) is 5.13. The number of rotatable bonds is 1. The minimum atomic E-state index is 0.448. The molecule has 0 aromatic carbocycles. The van der Waals surface area contributed by atoms with E-state index in [1.54, 1.807) is 0 Å². The molecule has 0 radical (unpaired) electrons. The Hall–Kier alpha value is -0.0800. The first-order valence-electron chi connectivity index (χ1n) is 6.21. The van der Waals surface area contributed by atoms with Gasteiger partial charge in [-0.25, -0.2) is 0 Å². The number of hydrogen-bond donors (Lipinski definition) is 1. The van der Waals surface area contributed by atoms with Crippen LogP contribution < -0.4 is 5.73 Å². The van der Waals surface area contributed by atoms with E-state index in [-0.39, 0.29) is 0 Å². The van der Waals surface area contributed by atoms with Gasteiger partial charge in [0.25, 0.3) is 0 Å². The number of nitrogens with two attached hydrogens (primary N) is 1. The van der Waals surface area contributed by atoms with Gasteiger partial charge in [0.2, 0.25) is 0 Å². The van der Waals surface area contributed by atoms with E-state index >= 15 is 0 Å². The molecule has 2 heteroatoms. The third-order valence-electron chi connectivity index (χ3n) is 3.93. The number of ether oxygens (including phenoxy) is 1. The predicted octanol–water partition coefficient (Wildman–Crippen LogP) is 2.32. The summed E-state index contributed by atoms with van der Waals surface area (Å²) in [4.78, 5) is 0. The van der Waals surface area contributed by atoms with Gasteiger partial charge in [-0.2, -0.15) is 0 Å². The lowest BCUT2D eigenvalue weighted by molar-refractivity contribution is 0.0233. The van der Waals surface area contributed by atoms with Gasteiger partial charge < -0.3 is 10.5 Å². The summed E-state index contributed by atoms with van der Waals surface area (Å²) in [5.41, 5.74) is 6.25. The Balaban J connectivity index is 1.91. The van der Waals surface area contributed by atoms with Crippen LogP contribution >= 0.6 is 0 Å². The van der Waals surface area contributed by atoms with Crippen molar-refractivity contribution in [3.8, 4) is 0 Å². The second-order valence-corrected chi connectivity index (χ2v) is 4.94. The molecule has 0 bridgehead atoms. The fourth-order valence-electron chi connectivity index (χ4n) is 3.05. The predicted molar refractivity (Wildman–Crippen MR) is 58.1 cm³/mol. The molecule has 1 aliphatic carbocycles. The maximum Gasteiger partial charge on any atom is 0.0497 e. The minimum absolute atomic E-state index is 0.448. The molecule has 1 aliphatic heterocycles. The molecule has 2 fully saturated rings. The Morgan fingerprint density at radius 2 is 1.79 bits per heavy atom. The average molecular weight is 197 g/mol. The topological polar surface area (TPSA) is 35.2 Å². The van der Waals surface area contributed by atoms with Crippen LogP contribution in [-0.4, -0.2) is 19.3 Å². The zero-order chi connectivity index (χ0) is 9.80. The Morgan fingerprint density at radius 1 is 0.929 bits per heavy atom. The van der Waals surface area contributed by atoms with Crippen molar-refractivity contribution >= 4 is 0 Å². The van der Waals surface area contributed by atoms with Crippen molar-refractivity contribution in [3.63, 3.8) is 0 Å². The molecule has 3 unspecified atom stereocenters. The zero-order valence-electron chi connectivity index (χ0n) is 9.08. The average Bonchev–Trinajstić information content (AvgIpc) is 2.44. The van der Waals surface area contributed by atoms with Crippen molar-refractivity contribution in [2.24, 2.45) is 17.6 Å². The lowest BCUT2D eigenvalue weighted by Crippen LogP contribution is -2.37. The molecule has 82 valence electrons. The summed E-state index contributed by atoms with van der Waals surface area (Å²) >= 11 is 0. The summed E-state index contributed by atoms with van der Waals surface area (Å²) in [6.45, 7) is 1.94. The Labute approximate surface area is 87.2 Å². The van der Waals surface area contributed by atoms with Gasteiger partial charge >= 0.3 is 0 Å². The van der Waals surface area contributed by atoms with Crippen LogP contribution in [0, 0.1) is 11.8 Å². The third-order valence-corrected chi connectivity index (χ3v) is 3.93. The molecule has 1 heterocycles. The summed E-state index contributed by atoms with van der Waals surface area (Å²) in [5, 5.41) is 0. The molecule has 3 atom stereocenters. The van der Waals surface area contributed by atoms with Crippen molar-refractivity contribution in [3.05, 3.63) is 0 Å². The van der Waals surface area contributed by atoms with Crippen molar-refractivity contribution in [2.45, 2.75) is 51.0 Å². The van der Waals surface area contributed by atoms with Gasteiger partial charge in [0.05, 0.1) is 0 Å². The van der Waals surface area contributed by atoms with Crippen LogP contribution in [0.15, 0.2) is 0 Å². The van der Waals surface area contributed by atoms with E-state index in [2.05, 4.69) is 0 Å².